The van der Waals surface area contributed by atoms with Crippen LogP contribution in [-0.4, -0.2) is 26.0 Å². The molecule has 2 aromatic rings. The Morgan fingerprint density at radius 2 is 1.91 bits per heavy atom. The van der Waals surface area contributed by atoms with E-state index in [0.717, 1.165) is 10.4 Å². The molecule has 0 radical (unpaired) electrons. The van der Waals surface area contributed by atoms with Gasteiger partial charge in [0.15, 0.2) is 0 Å². The summed E-state index contributed by atoms with van der Waals surface area (Å²) < 4.78 is 26.6. The molecule has 0 fully saturated rings. The molecule has 1 aromatic heterocycles. The lowest BCUT2D eigenvalue weighted by Gasteiger charge is -2.05. The van der Waals surface area contributed by atoms with Gasteiger partial charge in [0.2, 0.25) is 10.0 Å². The van der Waals surface area contributed by atoms with Crippen LogP contribution in [0.3, 0.4) is 0 Å². The predicted octanol–water partition coefficient (Wildman–Crippen LogP) is 2.29. The van der Waals surface area contributed by atoms with E-state index in [-0.39, 0.29) is 11.3 Å². The second-order valence-electron chi connectivity index (χ2n) is 4.78. The molecule has 2 rings (SSSR count). The minimum Gasteiger partial charge on any atom is -0.481 e. The fraction of sp³-hybridized carbons (Fsp3) is 0.267. The third-order valence-corrected chi connectivity index (χ3v) is 5.57. The number of benzene rings is 1. The van der Waals surface area contributed by atoms with E-state index in [1.54, 1.807) is 30.3 Å². The Morgan fingerprint density at radius 1 is 1.18 bits per heavy atom. The summed E-state index contributed by atoms with van der Waals surface area (Å²) in [5.41, 5.74) is 1.01. The summed E-state index contributed by atoms with van der Waals surface area (Å²) >= 11 is 1.51. The summed E-state index contributed by atoms with van der Waals surface area (Å²) in [7, 11) is -3.47. The number of aryl methyl sites for hydroxylation is 1. The maximum absolute atomic E-state index is 12.0. The molecule has 0 unspecified atom stereocenters. The highest BCUT2D eigenvalue weighted by Gasteiger charge is 2.12. The lowest BCUT2D eigenvalue weighted by atomic mass is 10.2. The van der Waals surface area contributed by atoms with Crippen molar-refractivity contribution in [3.05, 3.63) is 52.2 Å². The van der Waals surface area contributed by atoms with Crippen LogP contribution in [0.2, 0.25) is 0 Å². The number of carboxylic acid groups (broad SMARTS) is 1. The summed E-state index contributed by atoms with van der Waals surface area (Å²) in [5, 5.41) is 10.6. The molecule has 0 saturated carbocycles. The van der Waals surface area contributed by atoms with E-state index in [1.807, 2.05) is 11.4 Å². The van der Waals surface area contributed by atoms with Crippen molar-refractivity contribution in [1.29, 1.82) is 0 Å². The number of carboxylic acids is 1. The monoisotopic (exact) mass is 339 g/mol. The molecule has 118 valence electrons. The van der Waals surface area contributed by atoms with Crippen LogP contribution in [0.4, 0.5) is 0 Å². The summed E-state index contributed by atoms with van der Waals surface area (Å²) in [6.45, 7) is 0.312. The molecular weight excluding hydrogens is 322 g/mol. The molecule has 5 nitrogen and oxygen atoms in total. The number of nitrogens with one attached hydrogen (secondary N) is 1. The summed E-state index contributed by atoms with van der Waals surface area (Å²) in [5.74, 6) is -0.814. The molecule has 0 spiro atoms. The van der Waals surface area contributed by atoms with Crippen LogP contribution >= 0.6 is 11.3 Å². The Kier molecular flexibility index (Phi) is 5.70. The van der Waals surface area contributed by atoms with Gasteiger partial charge in [0.05, 0.1) is 11.3 Å². The number of rotatable bonds is 8. The zero-order chi connectivity index (χ0) is 16.0. The Labute approximate surface area is 133 Å². The first-order valence-corrected chi connectivity index (χ1v) is 9.16. The van der Waals surface area contributed by atoms with Gasteiger partial charge in [-0.15, -0.1) is 11.3 Å². The van der Waals surface area contributed by atoms with Gasteiger partial charge in [0.25, 0.3) is 0 Å². The van der Waals surface area contributed by atoms with Crippen LogP contribution in [0.25, 0.3) is 0 Å². The minimum atomic E-state index is -3.47. The largest absolute Gasteiger partial charge is 0.481 e. The number of sulfonamides is 1. The molecule has 0 aliphatic rings. The SMILES string of the molecule is O=C(O)CCc1cc(CCNS(=O)(=O)c2ccccc2)cs1. The highest BCUT2D eigenvalue weighted by atomic mass is 32.2. The fourth-order valence-electron chi connectivity index (χ4n) is 1.93. The Balaban J connectivity index is 1.85. The molecular formula is C15H17NO4S2. The first-order chi connectivity index (χ1) is 10.5. The van der Waals surface area contributed by atoms with Crippen LogP contribution in [0.1, 0.15) is 16.9 Å². The highest BCUT2D eigenvalue weighted by Crippen LogP contribution is 2.17. The molecule has 22 heavy (non-hydrogen) atoms. The van der Waals surface area contributed by atoms with Gasteiger partial charge in [0, 0.05) is 11.4 Å². The van der Waals surface area contributed by atoms with Gasteiger partial charge >= 0.3 is 5.97 Å². The van der Waals surface area contributed by atoms with E-state index < -0.39 is 16.0 Å². The van der Waals surface area contributed by atoms with Gasteiger partial charge in [-0.2, -0.15) is 0 Å². The number of hydrogen-bond acceptors (Lipinski definition) is 4. The number of aliphatic carboxylic acids is 1. The normalized spacial score (nSPS) is 11.5. The van der Waals surface area contributed by atoms with E-state index in [2.05, 4.69) is 4.72 Å². The molecule has 0 aliphatic heterocycles. The zero-order valence-corrected chi connectivity index (χ0v) is 13.5. The van der Waals surface area contributed by atoms with E-state index in [0.29, 0.717) is 19.4 Å². The lowest BCUT2D eigenvalue weighted by Crippen LogP contribution is -2.25. The average molecular weight is 339 g/mol. The van der Waals surface area contributed by atoms with Gasteiger partial charge in [-0.05, 0) is 42.0 Å². The van der Waals surface area contributed by atoms with Crippen LogP contribution in [-0.2, 0) is 27.7 Å². The molecule has 1 aromatic carbocycles. The van der Waals surface area contributed by atoms with Crippen molar-refractivity contribution < 1.29 is 18.3 Å². The van der Waals surface area contributed by atoms with E-state index >= 15 is 0 Å². The van der Waals surface area contributed by atoms with E-state index in [9.17, 15) is 13.2 Å². The van der Waals surface area contributed by atoms with Crippen molar-refractivity contribution in [2.24, 2.45) is 0 Å². The van der Waals surface area contributed by atoms with Gasteiger partial charge in [-0.25, -0.2) is 13.1 Å². The number of carbonyl (C=O) groups is 1. The van der Waals surface area contributed by atoms with Gasteiger partial charge in [-0.1, -0.05) is 18.2 Å². The van der Waals surface area contributed by atoms with Crippen molar-refractivity contribution in [1.82, 2.24) is 4.72 Å². The molecule has 7 heteroatoms. The lowest BCUT2D eigenvalue weighted by molar-refractivity contribution is -0.136. The van der Waals surface area contributed by atoms with Crippen molar-refractivity contribution >= 4 is 27.3 Å². The molecule has 0 bridgehead atoms. The first-order valence-electron chi connectivity index (χ1n) is 6.80. The number of hydrogen-bond donors (Lipinski definition) is 2. The van der Waals surface area contributed by atoms with Crippen LogP contribution < -0.4 is 4.72 Å². The highest BCUT2D eigenvalue weighted by molar-refractivity contribution is 7.89. The Morgan fingerprint density at radius 3 is 2.59 bits per heavy atom. The molecule has 2 N–H and O–H groups in total. The maximum Gasteiger partial charge on any atom is 0.303 e. The number of thiophene rings is 1. The Hall–Kier alpha value is -1.70. The quantitative estimate of drug-likeness (QED) is 0.773. The van der Waals surface area contributed by atoms with Crippen molar-refractivity contribution in [3.8, 4) is 0 Å². The molecule has 0 aliphatic carbocycles. The van der Waals surface area contributed by atoms with Crippen LogP contribution in [0, 0.1) is 0 Å². The fourth-order valence-corrected chi connectivity index (χ4v) is 3.91. The molecule has 1 heterocycles. The second kappa shape index (κ2) is 7.53. The van der Waals surface area contributed by atoms with Crippen LogP contribution in [0.15, 0.2) is 46.7 Å². The summed E-state index contributed by atoms with van der Waals surface area (Å²) in [6.07, 6.45) is 1.20. The van der Waals surface area contributed by atoms with E-state index in [1.165, 1.54) is 11.3 Å². The Bertz CT molecular complexity index is 723. The topological polar surface area (TPSA) is 83.5 Å². The van der Waals surface area contributed by atoms with Crippen molar-refractivity contribution in [3.63, 3.8) is 0 Å². The summed E-state index contributed by atoms with van der Waals surface area (Å²) in [6, 6.07) is 10.2. The van der Waals surface area contributed by atoms with Gasteiger partial charge < -0.3 is 5.11 Å². The average Bonchev–Trinajstić information content (AvgIpc) is 2.94. The zero-order valence-electron chi connectivity index (χ0n) is 11.9. The summed E-state index contributed by atoms with van der Waals surface area (Å²) in [4.78, 5) is 11.8. The molecule has 0 atom stereocenters. The second-order valence-corrected chi connectivity index (χ2v) is 7.54. The van der Waals surface area contributed by atoms with E-state index in [4.69, 9.17) is 5.11 Å². The molecule has 0 amide bonds. The predicted molar refractivity (Wildman–Crippen MR) is 85.6 cm³/mol. The minimum absolute atomic E-state index is 0.112. The molecule has 0 saturated heterocycles. The third-order valence-electron chi connectivity index (χ3n) is 3.05. The third kappa shape index (κ3) is 4.94. The smallest absolute Gasteiger partial charge is 0.303 e. The van der Waals surface area contributed by atoms with Crippen molar-refractivity contribution in [2.75, 3.05) is 6.54 Å². The standard InChI is InChI=1S/C15H17NO4S2/c17-15(18)7-6-13-10-12(11-21-13)8-9-16-22(19,20)14-4-2-1-3-5-14/h1-5,10-11,16H,6-9H2,(H,17,18). The van der Waals surface area contributed by atoms with Crippen LogP contribution in [0.5, 0.6) is 0 Å². The van der Waals surface area contributed by atoms with Crippen molar-refractivity contribution in [2.45, 2.75) is 24.2 Å². The first kappa shape index (κ1) is 16.7. The van der Waals surface area contributed by atoms with Gasteiger partial charge in [0.1, 0.15) is 0 Å². The maximum atomic E-state index is 12.0. The van der Waals surface area contributed by atoms with Gasteiger partial charge in [-0.3, -0.25) is 4.79 Å².